The molecule has 0 atom stereocenters. The van der Waals surface area contributed by atoms with E-state index in [1.54, 1.807) is 30.3 Å². The second-order valence-electron chi connectivity index (χ2n) is 4.29. The van der Waals surface area contributed by atoms with Gasteiger partial charge in [-0.25, -0.2) is 8.42 Å². The molecule has 0 saturated heterocycles. The first kappa shape index (κ1) is 14.8. The van der Waals surface area contributed by atoms with E-state index < -0.39 is 25.5 Å². The van der Waals surface area contributed by atoms with Gasteiger partial charge < -0.3 is 5.73 Å². The van der Waals surface area contributed by atoms with Crippen molar-refractivity contribution in [3.8, 4) is 0 Å². The van der Waals surface area contributed by atoms with Crippen molar-refractivity contribution in [1.29, 1.82) is 0 Å². The SMILES string of the molecule is CN(c1ccccc1)S(=O)(=O)c1ccc(N)cc1[N+](=O)[O-]. The summed E-state index contributed by atoms with van der Waals surface area (Å²) in [4.78, 5) is 9.89. The summed E-state index contributed by atoms with van der Waals surface area (Å²) in [6, 6.07) is 11.8. The van der Waals surface area contributed by atoms with E-state index in [2.05, 4.69) is 0 Å². The first-order valence-corrected chi connectivity index (χ1v) is 7.36. The second-order valence-corrected chi connectivity index (χ2v) is 6.23. The summed E-state index contributed by atoms with van der Waals surface area (Å²) in [5.74, 6) is 0. The van der Waals surface area contributed by atoms with E-state index in [9.17, 15) is 18.5 Å². The van der Waals surface area contributed by atoms with Gasteiger partial charge in [-0.15, -0.1) is 0 Å². The third-order valence-electron chi connectivity index (χ3n) is 2.94. The van der Waals surface area contributed by atoms with Crippen molar-refractivity contribution in [2.75, 3.05) is 17.1 Å². The fourth-order valence-corrected chi connectivity index (χ4v) is 3.15. The highest BCUT2D eigenvalue weighted by Gasteiger charge is 2.29. The van der Waals surface area contributed by atoms with Crippen molar-refractivity contribution in [3.05, 3.63) is 58.6 Å². The number of hydrogen-bond acceptors (Lipinski definition) is 5. The number of nitrogens with zero attached hydrogens (tertiary/aromatic N) is 2. The second kappa shape index (κ2) is 5.41. The molecule has 0 amide bonds. The Bertz CT molecular complexity index is 775. The van der Waals surface area contributed by atoms with Gasteiger partial charge in [0.1, 0.15) is 0 Å². The van der Waals surface area contributed by atoms with Crippen molar-refractivity contribution < 1.29 is 13.3 Å². The van der Waals surface area contributed by atoms with E-state index in [0.29, 0.717) is 5.69 Å². The van der Waals surface area contributed by atoms with E-state index in [0.717, 1.165) is 16.4 Å². The minimum atomic E-state index is -4.05. The molecule has 8 heteroatoms. The minimum absolute atomic E-state index is 0.128. The molecule has 21 heavy (non-hydrogen) atoms. The number of nitrogens with two attached hydrogens (primary N) is 1. The van der Waals surface area contributed by atoms with Gasteiger partial charge in [-0.2, -0.15) is 0 Å². The fraction of sp³-hybridized carbons (Fsp3) is 0.0769. The van der Waals surface area contributed by atoms with Crippen LogP contribution in [0, 0.1) is 10.1 Å². The number of nitro groups is 1. The number of rotatable bonds is 4. The molecule has 0 aliphatic heterocycles. The Labute approximate surface area is 121 Å². The quantitative estimate of drug-likeness (QED) is 0.528. The highest BCUT2D eigenvalue weighted by atomic mass is 32.2. The van der Waals surface area contributed by atoms with E-state index in [4.69, 9.17) is 5.73 Å². The molecule has 110 valence electrons. The zero-order valence-electron chi connectivity index (χ0n) is 11.1. The lowest BCUT2D eigenvalue weighted by molar-refractivity contribution is -0.387. The molecule has 0 heterocycles. The third-order valence-corrected chi connectivity index (χ3v) is 4.77. The largest absolute Gasteiger partial charge is 0.399 e. The first-order valence-electron chi connectivity index (χ1n) is 5.92. The van der Waals surface area contributed by atoms with Crippen molar-refractivity contribution >= 4 is 27.1 Å². The summed E-state index contributed by atoms with van der Waals surface area (Å²) in [6.45, 7) is 0. The number of nitro benzene ring substituents is 1. The minimum Gasteiger partial charge on any atom is -0.399 e. The molecule has 0 aliphatic carbocycles. The number of hydrogen-bond donors (Lipinski definition) is 1. The number of nitrogen functional groups attached to an aromatic ring is 1. The van der Waals surface area contributed by atoms with Crippen LogP contribution in [0.15, 0.2) is 53.4 Å². The van der Waals surface area contributed by atoms with Gasteiger partial charge in [0, 0.05) is 18.8 Å². The zero-order chi connectivity index (χ0) is 15.6. The molecular formula is C13H13N3O4S. The van der Waals surface area contributed by atoms with Crippen LogP contribution in [-0.4, -0.2) is 20.4 Å². The number of anilines is 2. The Morgan fingerprint density at radius 2 is 1.76 bits per heavy atom. The molecule has 0 saturated carbocycles. The predicted octanol–water partition coefficient (Wildman–Crippen LogP) is 2.00. The maximum absolute atomic E-state index is 12.5. The van der Waals surface area contributed by atoms with Crippen LogP contribution in [0.25, 0.3) is 0 Å². The first-order chi connectivity index (χ1) is 9.84. The Morgan fingerprint density at radius 1 is 1.14 bits per heavy atom. The summed E-state index contributed by atoms with van der Waals surface area (Å²) < 4.78 is 26.1. The van der Waals surface area contributed by atoms with Gasteiger partial charge in [-0.05, 0) is 24.3 Å². The van der Waals surface area contributed by atoms with Crippen LogP contribution < -0.4 is 10.0 Å². The maximum atomic E-state index is 12.5. The van der Waals surface area contributed by atoms with Gasteiger partial charge in [0.05, 0.1) is 10.6 Å². The molecule has 2 rings (SSSR count). The molecule has 0 bridgehead atoms. The van der Waals surface area contributed by atoms with Gasteiger partial charge in [-0.3, -0.25) is 14.4 Å². The van der Waals surface area contributed by atoms with Crippen LogP contribution in [0.1, 0.15) is 0 Å². The molecule has 0 radical (unpaired) electrons. The van der Waals surface area contributed by atoms with Crippen molar-refractivity contribution in [3.63, 3.8) is 0 Å². The zero-order valence-corrected chi connectivity index (χ0v) is 11.9. The predicted molar refractivity (Wildman–Crippen MR) is 79.5 cm³/mol. The van der Waals surface area contributed by atoms with Crippen LogP contribution in [0.5, 0.6) is 0 Å². The molecule has 2 aromatic carbocycles. The fourth-order valence-electron chi connectivity index (χ4n) is 1.82. The molecule has 0 aromatic heterocycles. The van der Waals surface area contributed by atoms with E-state index in [1.807, 2.05) is 0 Å². The molecule has 0 aliphatic rings. The average molecular weight is 307 g/mol. The Hall–Kier alpha value is -2.61. The van der Waals surface area contributed by atoms with Crippen LogP contribution in [0.3, 0.4) is 0 Å². The normalized spacial score (nSPS) is 11.1. The van der Waals surface area contributed by atoms with Gasteiger partial charge in [0.25, 0.3) is 15.7 Å². The molecule has 0 fully saturated rings. The summed E-state index contributed by atoms with van der Waals surface area (Å²) >= 11 is 0. The number of sulfonamides is 1. The van der Waals surface area contributed by atoms with Gasteiger partial charge in [0.15, 0.2) is 4.90 Å². The lowest BCUT2D eigenvalue weighted by Crippen LogP contribution is -2.27. The van der Waals surface area contributed by atoms with Gasteiger partial charge in [-0.1, -0.05) is 18.2 Å². The van der Waals surface area contributed by atoms with E-state index in [-0.39, 0.29) is 5.69 Å². The number of para-hydroxylation sites is 1. The van der Waals surface area contributed by atoms with E-state index in [1.165, 1.54) is 13.1 Å². The van der Waals surface area contributed by atoms with Crippen molar-refractivity contribution in [2.45, 2.75) is 4.90 Å². The lowest BCUT2D eigenvalue weighted by Gasteiger charge is -2.19. The molecule has 2 aromatic rings. The molecule has 0 spiro atoms. The van der Waals surface area contributed by atoms with E-state index >= 15 is 0 Å². The Morgan fingerprint density at radius 3 is 2.33 bits per heavy atom. The van der Waals surface area contributed by atoms with Crippen LogP contribution in [-0.2, 0) is 10.0 Å². The van der Waals surface area contributed by atoms with Crippen LogP contribution >= 0.6 is 0 Å². The molecule has 2 N–H and O–H groups in total. The summed E-state index contributed by atoms with van der Waals surface area (Å²) in [7, 11) is -2.71. The van der Waals surface area contributed by atoms with Crippen molar-refractivity contribution in [1.82, 2.24) is 0 Å². The molecular weight excluding hydrogens is 294 g/mol. The topological polar surface area (TPSA) is 107 Å². The summed E-state index contributed by atoms with van der Waals surface area (Å²) in [5.41, 5.74) is 5.47. The summed E-state index contributed by atoms with van der Waals surface area (Å²) in [6.07, 6.45) is 0. The smallest absolute Gasteiger partial charge is 0.291 e. The molecule has 0 unspecified atom stereocenters. The Kier molecular flexibility index (Phi) is 3.81. The van der Waals surface area contributed by atoms with Crippen LogP contribution in [0.2, 0.25) is 0 Å². The lowest BCUT2D eigenvalue weighted by atomic mass is 10.3. The average Bonchev–Trinajstić information content (AvgIpc) is 2.47. The standard InChI is InChI=1S/C13H13N3O4S/c1-15(11-5-3-2-4-6-11)21(19,20)13-8-7-10(14)9-12(13)16(17)18/h2-9H,14H2,1H3. The van der Waals surface area contributed by atoms with Crippen LogP contribution in [0.4, 0.5) is 17.1 Å². The Balaban J connectivity index is 2.57. The number of benzene rings is 2. The third kappa shape index (κ3) is 2.79. The molecule has 7 nitrogen and oxygen atoms in total. The van der Waals surface area contributed by atoms with Gasteiger partial charge >= 0.3 is 0 Å². The highest BCUT2D eigenvalue weighted by molar-refractivity contribution is 7.93. The van der Waals surface area contributed by atoms with Gasteiger partial charge in [0.2, 0.25) is 0 Å². The maximum Gasteiger partial charge on any atom is 0.291 e. The highest BCUT2D eigenvalue weighted by Crippen LogP contribution is 2.30. The van der Waals surface area contributed by atoms with Crippen molar-refractivity contribution in [2.24, 2.45) is 0 Å². The monoisotopic (exact) mass is 307 g/mol. The summed E-state index contributed by atoms with van der Waals surface area (Å²) in [5, 5.41) is 11.0.